The second-order valence-corrected chi connectivity index (χ2v) is 4.69. The van der Waals surface area contributed by atoms with Crippen molar-refractivity contribution in [3.8, 4) is 5.75 Å². The molecule has 0 bridgehead atoms. The van der Waals surface area contributed by atoms with Crippen LogP contribution in [0.4, 0.5) is 4.39 Å². The topological polar surface area (TPSA) is 45.4 Å². The lowest BCUT2D eigenvalue weighted by atomic mass is 10.1. The van der Waals surface area contributed by atoms with Gasteiger partial charge in [-0.15, -0.1) is 0 Å². The molecular formula is C15H18FNO2. The summed E-state index contributed by atoms with van der Waals surface area (Å²) in [6.07, 6.45) is 3.51. The Kier molecular flexibility index (Phi) is 4.58. The van der Waals surface area contributed by atoms with Crippen LogP contribution in [0.3, 0.4) is 0 Å². The van der Waals surface area contributed by atoms with Crippen molar-refractivity contribution in [1.82, 2.24) is 5.32 Å². The minimum absolute atomic E-state index is 0.307. The molecule has 1 aromatic carbocycles. The summed E-state index contributed by atoms with van der Waals surface area (Å²) < 4.78 is 18.4. The molecule has 0 aliphatic carbocycles. The first-order valence-corrected chi connectivity index (χ1v) is 6.38. The average molecular weight is 263 g/mol. The van der Waals surface area contributed by atoms with Crippen LogP contribution in [0.5, 0.6) is 5.75 Å². The molecule has 2 aromatic rings. The number of halogens is 1. The van der Waals surface area contributed by atoms with Gasteiger partial charge in [0.05, 0.1) is 6.26 Å². The molecule has 0 saturated carbocycles. The summed E-state index contributed by atoms with van der Waals surface area (Å²) in [4.78, 5) is 0. The first-order valence-electron chi connectivity index (χ1n) is 6.38. The van der Waals surface area contributed by atoms with Gasteiger partial charge in [-0.25, -0.2) is 4.39 Å². The molecule has 0 aliphatic heterocycles. The summed E-state index contributed by atoms with van der Waals surface area (Å²) in [5.41, 5.74) is 0.820. The van der Waals surface area contributed by atoms with Crippen molar-refractivity contribution < 1.29 is 13.9 Å². The molecule has 1 atom stereocenters. The van der Waals surface area contributed by atoms with Gasteiger partial charge >= 0.3 is 0 Å². The van der Waals surface area contributed by atoms with Crippen LogP contribution in [0.1, 0.15) is 24.7 Å². The van der Waals surface area contributed by atoms with Crippen LogP contribution in [0, 0.1) is 5.82 Å². The largest absolute Gasteiger partial charge is 0.505 e. The number of benzene rings is 1. The molecule has 2 N–H and O–H groups in total. The smallest absolute Gasteiger partial charge is 0.165 e. The third-order valence-corrected chi connectivity index (χ3v) is 3.07. The minimum atomic E-state index is -0.581. The van der Waals surface area contributed by atoms with Gasteiger partial charge in [0, 0.05) is 19.0 Å². The van der Waals surface area contributed by atoms with E-state index in [0.29, 0.717) is 12.6 Å². The van der Waals surface area contributed by atoms with E-state index in [9.17, 15) is 4.39 Å². The van der Waals surface area contributed by atoms with Crippen LogP contribution in [0.2, 0.25) is 0 Å². The number of aryl methyl sites for hydroxylation is 1. The van der Waals surface area contributed by atoms with E-state index in [0.717, 1.165) is 24.2 Å². The second kappa shape index (κ2) is 6.38. The van der Waals surface area contributed by atoms with Crippen LogP contribution in [-0.2, 0) is 13.0 Å². The van der Waals surface area contributed by atoms with Crippen molar-refractivity contribution in [1.29, 1.82) is 0 Å². The molecule has 2 rings (SSSR count). The Bertz CT molecular complexity index is 511. The number of hydrogen-bond acceptors (Lipinski definition) is 3. The number of rotatable bonds is 6. The van der Waals surface area contributed by atoms with Crippen molar-refractivity contribution in [2.24, 2.45) is 0 Å². The lowest BCUT2D eigenvalue weighted by Gasteiger charge is -2.13. The van der Waals surface area contributed by atoms with Crippen LogP contribution in [0.15, 0.2) is 41.0 Å². The van der Waals surface area contributed by atoms with E-state index in [1.165, 1.54) is 12.1 Å². The zero-order valence-electron chi connectivity index (χ0n) is 10.9. The van der Waals surface area contributed by atoms with Crippen LogP contribution in [-0.4, -0.2) is 11.1 Å². The molecule has 4 heteroatoms. The Balaban J connectivity index is 1.76. The fourth-order valence-electron chi connectivity index (χ4n) is 1.87. The molecule has 0 radical (unpaired) electrons. The van der Waals surface area contributed by atoms with E-state index >= 15 is 0 Å². The highest BCUT2D eigenvalue weighted by atomic mass is 19.1. The molecule has 1 aromatic heterocycles. The van der Waals surface area contributed by atoms with Gasteiger partial charge in [-0.05, 0) is 43.2 Å². The Labute approximate surface area is 112 Å². The second-order valence-electron chi connectivity index (χ2n) is 4.69. The fraction of sp³-hybridized carbons (Fsp3) is 0.333. The van der Waals surface area contributed by atoms with E-state index < -0.39 is 5.82 Å². The van der Waals surface area contributed by atoms with Gasteiger partial charge < -0.3 is 14.8 Å². The Hall–Kier alpha value is -1.81. The highest BCUT2D eigenvalue weighted by molar-refractivity contribution is 5.27. The van der Waals surface area contributed by atoms with Crippen molar-refractivity contribution in [2.45, 2.75) is 32.4 Å². The van der Waals surface area contributed by atoms with Gasteiger partial charge in [0.15, 0.2) is 11.6 Å². The lowest BCUT2D eigenvalue weighted by Crippen LogP contribution is -2.25. The number of hydrogen-bond donors (Lipinski definition) is 2. The van der Waals surface area contributed by atoms with E-state index in [4.69, 9.17) is 9.52 Å². The van der Waals surface area contributed by atoms with Crippen molar-refractivity contribution in [2.75, 3.05) is 0 Å². The molecule has 3 nitrogen and oxygen atoms in total. The summed E-state index contributed by atoms with van der Waals surface area (Å²) in [5, 5.41) is 12.4. The Morgan fingerprint density at radius 1 is 1.37 bits per heavy atom. The van der Waals surface area contributed by atoms with Crippen LogP contribution < -0.4 is 5.32 Å². The van der Waals surface area contributed by atoms with Gasteiger partial charge in [0.25, 0.3) is 0 Å². The molecular weight excluding hydrogens is 245 g/mol. The van der Waals surface area contributed by atoms with Crippen LogP contribution in [0.25, 0.3) is 0 Å². The summed E-state index contributed by atoms with van der Waals surface area (Å²) in [6, 6.07) is 8.59. The highest BCUT2D eigenvalue weighted by Crippen LogP contribution is 2.16. The monoisotopic (exact) mass is 263 g/mol. The van der Waals surface area contributed by atoms with E-state index in [1.807, 2.05) is 12.1 Å². The first kappa shape index (κ1) is 13.6. The molecule has 1 heterocycles. The maximum Gasteiger partial charge on any atom is 0.165 e. The minimum Gasteiger partial charge on any atom is -0.505 e. The molecule has 0 saturated heterocycles. The quantitative estimate of drug-likeness (QED) is 0.841. The maximum absolute atomic E-state index is 13.1. The van der Waals surface area contributed by atoms with Gasteiger partial charge in [0.1, 0.15) is 5.76 Å². The first-order chi connectivity index (χ1) is 9.15. The Morgan fingerprint density at radius 3 is 2.89 bits per heavy atom. The van der Waals surface area contributed by atoms with Gasteiger partial charge in [0.2, 0.25) is 0 Å². The van der Waals surface area contributed by atoms with E-state index in [2.05, 4.69) is 12.2 Å². The molecule has 102 valence electrons. The molecule has 19 heavy (non-hydrogen) atoms. The standard InChI is InChI=1S/C15H18FNO2/c1-11(4-6-13-3-2-8-19-13)17-10-12-5-7-15(18)14(16)9-12/h2-3,5,7-9,11,17-18H,4,6,10H2,1H3. The highest BCUT2D eigenvalue weighted by Gasteiger charge is 2.05. The normalized spacial score (nSPS) is 12.5. The number of phenolic OH excluding ortho intramolecular Hbond substituents is 1. The third kappa shape index (κ3) is 4.10. The molecule has 0 aliphatic rings. The summed E-state index contributed by atoms with van der Waals surface area (Å²) >= 11 is 0. The molecule has 0 spiro atoms. The summed E-state index contributed by atoms with van der Waals surface area (Å²) in [7, 11) is 0. The Morgan fingerprint density at radius 2 is 2.21 bits per heavy atom. The molecule has 0 fully saturated rings. The molecule has 0 amide bonds. The van der Waals surface area contributed by atoms with Gasteiger partial charge in [-0.3, -0.25) is 0 Å². The van der Waals surface area contributed by atoms with Crippen molar-refractivity contribution >= 4 is 0 Å². The maximum atomic E-state index is 13.1. The number of phenols is 1. The van der Waals surface area contributed by atoms with Crippen molar-refractivity contribution in [3.05, 3.63) is 53.7 Å². The summed E-state index contributed by atoms with van der Waals surface area (Å²) in [6.45, 7) is 2.66. The predicted octanol–water partition coefficient (Wildman–Crippen LogP) is 3.24. The zero-order chi connectivity index (χ0) is 13.7. The predicted molar refractivity (Wildman–Crippen MR) is 71.4 cm³/mol. The number of nitrogens with one attached hydrogen (secondary N) is 1. The van der Waals surface area contributed by atoms with Crippen molar-refractivity contribution in [3.63, 3.8) is 0 Å². The fourth-order valence-corrected chi connectivity index (χ4v) is 1.87. The summed E-state index contributed by atoms with van der Waals surface area (Å²) in [5.74, 6) is 0.0847. The zero-order valence-corrected chi connectivity index (χ0v) is 10.9. The SMILES string of the molecule is CC(CCc1ccco1)NCc1ccc(O)c(F)c1. The average Bonchev–Trinajstić information content (AvgIpc) is 2.91. The van der Waals surface area contributed by atoms with E-state index in [-0.39, 0.29) is 5.75 Å². The van der Waals surface area contributed by atoms with Gasteiger partial charge in [-0.2, -0.15) is 0 Å². The third-order valence-electron chi connectivity index (χ3n) is 3.07. The van der Waals surface area contributed by atoms with Crippen LogP contribution >= 0.6 is 0 Å². The number of aromatic hydroxyl groups is 1. The number of furan rings is 1. The molecule has 1 unspecified atom stereocenters. The van der Waals surface area contributed by atoms with E-state index in [1.54, 1.807) is 12.3 Å². The lowest BCUT2D eigenvalue weighted by molar-refractivity contribution is 0.430. The van der Waals surface area contributed by atoms with Gasteiger partial charge in [-0.1, -0.05) is 6.07 Å².